The molecule has 7 nitrogen and oxygen atoms in total. The summed E-state index contributed by atoms with van der Waals surface area (Å²) in [6.07, 6.45) is 3.63. The minimum absolute atomic E-state index is 0.0565. The summed E-state index contributed by atoms with van der Waals surface area (Å²) in [6, 6.07) is 10.8. The van der Waals surface area contributed by atoms with E-state index in [2.05, 4.69) is 9.97 Å². The van der Waals surface area contributed by atoms with Crippen molar-refractivity contribution in [3.63, 3.8) is 0 Å². The van der Waals surface area contributed by atoms with E-state index in [-0.39, 0.29) is 11.8 Å². The van der Waals surface area contributed by atoms with Crippen molar-refractivity contribution in [3.8, 4) is 0 Å². The van der Waals surface area contributed by atoms with E-state index < -0.39 is 6.04 Å². The second-order valence-electron chi connectivity index (χ2n) is 6.75. The van der Waals surface area contributed by atoms with Crippen LogP contribution in [-0.4, -0.2) is 63.8 Å². The first-order valence-corrected chi connectivity index (χ1v) is 10.0. The predicted octanol–water partition coefficient (Wildman–Crippen LogP) is 1.55. The maximum atomic E-state index is 12.7. The number of benzene rings is 1. The Morgan fingerprint density at radius 3 is 2.54 bits per heavy atom. The van der Waals surface area contributed by atoms with E-state index in [1.807, 2.05) is 24.3 Å². The van der Waals surface area contributed by atoms with E-state index in [0.29, 0.717) is 38.2 Å². The van der Waals surface area contributed by atoms with Gasteiger partial charge in [0.1, 0.15) is 0 Å². The lowest BCUT2D eigenvalue weighted by Gasteiger charge is -2.35. The second kappa shape index (κ2) is 8.04. The SMILES string of the molecule is NC(Cc1nc2ccccc2s1)C(=O)N1CCN(C(=O)c2cccnc2)CC1. The zero-order chi connectivity index (χ0) is 19.5. The molecule has 1 aliphatic rings. The van der Waals surface area contributed by atoms with Gasteiger partial charge in [0.15, 0.2) is 0 Å². The number of para-hydroxylation sites is 1. The number of amides is 2. The van der Waals surface area contributed by atoms with Crippen LogP contribution >= 0.6 is 11.3 Å². The van der Waals surface area contributed by atoms with Crippen molar-refractivity contribution >= 4 is 33.4 Å². The molecular formula is C20H21N5O2S. The van der Waals surface area contributed by atoms with Crippen LogP contribution in [0.5, 0.6) is 0 Å². The molecule has 28 heavy (non-hydrogen) atoms. The number of carbonyl (C=O) groups excluding carboxylic acids is 2. The van der Waals surface area contributed by atoms with E-state index in [4.69, 9.17) is 5.73 Å². The molecule has 0 radical (unpaired) electrons. The zero-order valence-electron chi connectivity index (χ0n) is 15.3. The van der Waals surface area contributed by atoms with Gasteiger partial charge in [0.2, 0.25) is 5.91 Å². The molecule has 144 valence electrons. The smallest absolute Gasteiger partial charge is 0.255 e. The molecule has 3 heterocycles. The summed E-state index contributed by atoms with van der Waals surface area (Å²) in [7, 11) is 0. The highest BCUT2D eigenvalue weighted by atomic mass is 32.1. The Morgan fingerprint density at radius 1 is 1.07 bits per heavy atom. The van der Waals surface area contributed by atoms with E-state index in [1.165, 1.54) is 0 Å². The first-order valence-electron chi connectivity index (χ1n) is 9.20. The molecule has 0 bridgehead atoms. The quantitative estimate of drug-likeness (QED) is 0.724. The molecule has 1 fully saturated rings. The van der Waals surface area contributed by atoms with Gasteiger partial charge < -0.3 is 15.5 Å². The van der Waals surface area contributed by atoms with Crippen molar-refractivity contribution in [2.75, 3.05) is 26.2 Å². The lowest BCUT2D eigenvalue weighted by molar-refractivity contribution is -0.134. The first kappa shape index (κ1) is 18.5. The molecule has 1 saturated heterocycles. The number of nitrogens with zero attached hydrogens (tertiary/aromatic N) is 4. The lowest BCUT2D eigenvalue weighted by atomic mass is 10.1. The molecular weight excluding hydrogens is 374 g/mol. The van der Waals surface area contributed by atoms with Gasteiger partial charge in [0.05, 0.1) is 26.8 Å². The second-order valence-corrected chi connectivity index (χ2v) is 7.86. The van der Waals surface area contributed by atoms with Crippen LogP contribution in [0.1, 0.15) is 15.4 Å². The monoisotopic (exact) mass is 395 g/mol. The van der Waals surface area contributed by atoms with E-state index in [0.717, 1.165) is 15.2 Å². The van der Waals surface area contributed by atoms with Crippen LogP contribution in [0.15, 0.2) is 48.8 Å². The zero-order valence-corrected chi connectivity index (χ0v) is 16.1. The van der Waals surface area contributed by atoms with Crippen molar-refractivity contribution < 1.29 is 9.59 Å². The molecule has 0 aliphatic carbocycles. The number of rotatable bonds is 4. The van der Waals surface area contributed by atoms with E-state index in [1.54, 1.807) is 45.7 Å². The number of aromatic nitrogens is 2. The van der Waals surface area contributed by atoms with Crippen LogP contribution in [0.3, 0.4) is 0 Å². The number of piperazine rings is 1. The van der Waals surface area contributed by atoms with Gasteiger partial charge in [-0.2, -0.15) is 0 Å². The molecule has 1 aromatic carbocycles. The number of carbonyl (C=O) groups is 2. The summed E-state index contributed by atoms with van der Waals surface area (Å²) in [4.78, 5) is 37.3. The van der Waals surface area contributed by atoms with Crippen LogP contribution in [0.25, 0.3) is 10.2 Å². The maximum Gasteiger partial charge on any atom is 0.255 e. The Kier molecular flexibility index (Phi) is 5.31. The largest absolute Gasteiger partial charge is 0.338 e. The molecule has 2 aromatic heterocycles. The van der Waals surface area contributed by atoms with Gasteiger partial charge in [-0.25, -0.2) is 4.98 Å². The van der Waals surface area contributed by atoms with E-state index >= 15 is 0 Å². The normalized spacial score (nSPS) is 15.6. The van der Waals surface area contributed by atoms with Crippen molar-refractivity contribution in [1.82, 2.24) is 19.8 Å². The summed E-state index contributed by atoms with van der Waals surface area (Å²) in [5, 5.41) is 0.868. The lowest BCUT2D eigenvalue weighted by Crippen LogP contribution is -2.54. The van der Waals surface area contributed by atoms with Crippen LogP contribution in [0.2, 0.25) is 0 Å². The fraction of sp³-hybridized carbons (Fsp3) is 0.300. The summed E-state index contributed by atoms with van der Waals surface area (Å²) in [5.74, 6) is -0.147. The van der Waals surface area contributed by atoms with Crippen LogP contribution in [0.4, 0.5) is 0 Å². The highest BCUT2D eigenvalue weighted by Crippen LogP contribution is 2.22. The summed E-state index contributed by atoms with van der Waals surface area (Å²) >= 11 is 1.57. The van der Waals surface area contributed by atoms with Crippen molar-refractivity contribution in [2.45, 2.75) is 12.5 Å². The molecule has 1 atom stereocenters. The third-order valence-electron chi connectivity index (χ3n) is 4.84. The number of nitrogens with two attached hydrogens (primary N) is 1. The highest BCUT2D eigenvalue weighted by Gasteiger charge is 2.28. The van der Waals surface area contributed by atoms with Crippen molar-refractivity contribution in [2.24, 2.45) is 5.73 Å². The third kappa shape index (κ3) is 3.88. The van der Waals surface area contributed by atoms with Crippen molar-refractivity contribution in [3.05, 3.63) is 59.4 Å². The average Bonchev–Trinajstić information content (AvgIpc) is 3.15. The number of fused-ring (bicyclic) bond motifs is 1. The fourth-order valence-corrected chi connectivity index (χ4v) is 4.34. The standard InChI is InChI=1S/C20H21N5O2S/c21-15(12-18-23-16-5-1-2-6-17(16)28-18)20(27)25-10-8-24(9-11-25)19(26)14-4-3-7-22-13-14/h1-7,13,15H,8-12,21H2. The van der Waals surface area contributed by atoms with E-state index in [9.17, 15) is 9.59 Å². The van der Waals surface area contributed by atoms with Gasteiger partial charge in [-0.05, 0) is 24.3 Å². The highest BCUT2D eigenvalue weighted by molar-refractivity contribution is 7.18. The predicted molar refractivity (Wildman–Crippen MR) is 108 cm³/mol. The Hall–Kier alpha value is -2.84. The third-order valence-corrected chi connectivity index (χ3v) is 5.90. The van der Waals surface area contributed by atoms with Gasteiger partial charge in [0, 0.05) is 45.0 Å². The fourth-order valence-electron chi connectivity index (χ4n) is 3.32. The molecule has 0 spiro atoms. The van der Waals surface area contributed by atoms with Crippen molar-refractivity contribution in [1.29, 1.82) is 0 Å². The first-order chi connectivity index (χ1) is 13.6. The van der Waals surface area contributed by atoms with Gasteiger partial charge >= 0.3 is 0 Å². The van der Waals surface area contributed by atoms with Crippen LogP contribution in [-0.2, 0) is 11.2 Å². The van der Waals surface area contributed by atoms with Gasteiger partial charge in [-0.3, -0.25) is 14.6 Å². The Morgan fingerprint density at radius 2 is 1.82 bits per heavy atom. The molecule has 8 heteroatoms. The van der Waals surface area contributed by atoms with Crippen LogP contribution < -0.4 is 5.73 Å². The number of thiazole rings is 1. The number of pyridine rings is 1. The van der Waals surface area contributed by atoms with Gasteiger partial charge in [0.25, 0.3) is 5.91 Å². The molecule has 2 N–H and O–H groups in total. The summed E-state index contributed by atoms with van der Waals surface area (Å²) in [6.45, 7) is 1.96. The average molecular weight is 395 g/mol. The molecule has 3 aromatic rings. The van der Waals surface area contributed by atoms with Gasteiger partial charge in [-0.1, -0.05) is 12.1 Å². The Balaban J connectivity index is 1.33. The Bertz CT molecular complexity index is 949. The summed E-state index contributed by atoms with van der Waals surface area (Å²) < 4.78 is 1.10. The number of hydrogen-bond donors (Lipinski definition) is 1. The Labute approximate surface area is 166 Å². The maximum absolute atomic E-state index is 12.7. The molecule has 0 saturated carbocycles. The number of hydrogen-bond acceptors (Lipinski definition) is 6. The topological polar surface area (TPSA) is 92.4 Å². The minimum atomic E-state index is -0.624. The summed E-state index contributed by atoms with van der Waals surface area (Å²) in [5.41, 5.74) is 7.67. The molecule has 1 aliphatic heterocycles. The van der Waals surface area contributed by atoms with Gasteiger partial charge in [-0.15, -0.1) is 11.3 Å². The minimum Gasteiger partial charge on any atom is -0.338 e. The molecule has 1 unspecified atom stereocenters. The van der Waals surface area contributed by atoms with Crippen LogP contribution in [0, 0.1) is 0 Å². The molecule has 4 rings (SSSR count). The molecule has 2 amide bonds.